The molecule has 1 aromatic carbocycles. The van der Waals surface area contributed by atoms with Gasteiger partial charge in [-0.1, -0.05) is 19.0 Å². The van der Waals surface area contributed by atoms with Gasteiger partial charge in [0, 0.05) is 6.04 Å². The van der Waals surface area contributed by atoms with E-state index in [9.17, 15) is 9.59 Å². The van der Waals surface area contributed by atoms with Crippen molar-refractivity contribution >= 4 is 11.8 Å². The first-order valence-electron chi connectivity index (χ1n) is 9.63. The van der Waals surface area contributed by atoms with Gasteiger partial charge in [-0.15, -0.1) is 0 Å². The lowest BCUT2D eigenvalue weighted by molar-refractivity contribution is 0.0637. The molecular weight excluding hydrogens is 344 g/mol. The molecule has 2 heterocycles. The number of hydrogen-bond acceptors (Lipinski definition) is 6. The Kier molecular flexibility index (Phi) is 4.78. The van der Waals surface area contributed by atoms with E-state index >= 15 is 0 Å². The van der Waals surface area contributed by atoms with Gasteiger partial charge in [0.2, 0.25) is 6.39 Å². The van der Waals surface area contributed by atoms with Gasteiger partial charge in [0.25, 0.3) is 11.8 Å². The number of hydrogen-bond donors (Lipinski definition) is 0. The van der Waals surface area contributed by atoms with Crippen LogP contribution < -0.4 is 0 Å². The summed E-state index contributed by atoms with van der Waals surface area (Å²) in [6.45, 7) is 6.62. The average molecular weight is 368 g/mol. The van der Waals surface area contributed by atoms with Crippen LogP contribution in [0.2, 0.25) is 0 Å². The van der Waals surface area contributed by atoms with E-state index < -0.39 is 0 Å². The van der Waals surface area contributed by atoms with E-state index in [2.05, 4.69) is 28.9 Å². The van der Waals surface area contributed by atoms with Crippen molar-refractivity contribution in [1.82, 2.24) is 19.9 Å². The zero-order valence-corrected chi connectivity index (χ0v) is 15.8. The average Bonchev–Trinajstić information content (AvgIpc) is 3.36. The fourth-order valence-electron chi connectivity index (χ4n) is 4.24. The number of nitrogens with zero attached hydrogens (tertiary/aromatic N) is 4. The molecule has 7 nitrogen and oxygen atoms in total. The molecule has 2 aliphatic rings. The third-order valence-electron chi connectivity index (χ3n) is 5.45. The predicted octanol–water partition coefficient (Wildman–Crippen LogP) is 2.46. The molecule has 0 saturated heterocycles. The van der Waals surface area contributed by atoms with E-state index in [4.69, 9.17) is 4.52 Å². The largest absolute Gasteiger partial charge is 0.343 e. The van der Waals surface area contributed by atoms with Crippen LogP contribution in [-0.2, 0) is 19.4 Å². The van der Waals surface area contributed by atoms with Gasteiger partial charge in [0.1, 0.15) is 0 Å². The molecule has 1 aromatic heterocycles. The summed E-state index contributed by atoms with van der Waals surface area (Å²) in [5, 5.41) is 3.70. The number of rotatable bonds is 7. The lowest BCUT2D eigenvalue weighted by Crippen LogP contribution is -2.37. The summed E-state index contributed by atoms with van der Waals surface area (Å²) in [6.07, 6.45) is 5.33. The number of aromatic nitrogens is 2. The Hall–Kier alpha value is -2.54. The molecule has 0 spiro atoms. The van der Waals surface area contributed by atoms with E-state index in [0.717, 1.165) is 38.8 Å². The molecule has 7 heteroatoms. The van der Waals surface area contributed by atoms with Gasteiger partial charge in [-0.05, 0) is 62.0 Å². The first-order valence-corrected chi connectivity index (χ1v) is 9.63. The minimum absolute atomic E-state index is 0.0386. The fraction of sp³-hybridized carbons (Fsp3) is 0.500. The SMILES string of the molecule is CCCN(CCC)C1Cc2cc3c(cc2C1)C(=O)N(Cc1ncon1)C3=O. The number of carbonyl (C=O) groups excluding carboxylic acids is 2. The fourth-order valence-corrected chi connectivity index (χ4v) is 4.24. The maximum atomic E-state index is 12.8. The highest BCUT2D eigenvalue weighted by Crippen LogP contribution is 2.33. The van der Waals surface area contributed by atoms with Gasteiger partial charge in [0.15, 0.2) is 5.82 Å². The maximum absolute atomic E-state index is 12.8. The zero-order chi connectivity index (χ0) is 19.0. The molecule has 0 unspecified atom stereocenters. The molecule has 0 fully saturated rings. The molecule has 0 saturated carbocycles. The quantitative estimate of drug-likeness (QED) is 0.699. The standard InChI is InChI=1S/C20H24N4O3/c1-3-5-23(6-4-2)15-7-13-9-16-17(10-14(13)8-15)20(26)24(19(16)25)11-18-21-12-27-22-18/h9-10,12,15H,3-8,11H2,1-2H3. The normalized spacial score (nSPS) is 16.5. The molecule has 27 heavy (non-hydrogen) atoms. The first-order chi connectivity index (χ1) is 13.1. The monoisotopic (exact) mass is 368 g/mol. The summed E-state index contributed by atoms with van der Waals surface area (Å²) >= 11 is 0. The Labute approximate surface area is 158 Å². The Morgan fingerprint density at radius 2 is 1.67 bits per heavy atom. The van der Waals surface area contributed by atoms with E-state index in [1.165, 1.54) is 22.4 Å². The van der Waals surface area contributed by atoms with E-state index in [-0.39, 0.29) is 18.4 Å². The molecule has 0 atom stereocenters. The van der Waals surface area contributed by atoms with Crippen molar-refractivity contribution < 1.29 is 14.1 Å². The molecule has 2 amide bonds. The van der Waals surface area contributed by atoms with Gasteiger partial charge < -0.3 is 4.52 Å². The molecule has 4 rings (SSSR count). The molecule has 0 N–H and O–H groups in total. The van der Waals surface area contributed by atoms with Crippen molar-refractivity contribution in [3.63, 3.8) is 0 Å². The van der Waals surface area contributed by atoms with Crippen molar-refractivity contribution in [2.45, 2.75) is 52.1 Å². The van der Waals surface area contributed by atoms with Crippen LogP contribution in [0.1, 0.15) is 64.4 Å². The Bertz CT molecular complexity index is 811. The van der Waals surface area contributed by atoms with Crippen LogP contribution in [0.4, 0.5) is 0 Å². The van der Waals surface area contributed by atoms with Crippen LogP contribution in [0.5, 0.6) is 0 Å². The summed E-state index contributed by atoms with van der Waals surface area (Å²) in [6, 6.07) is 4.32. The third-order valence-corrected chi connectivity index (χ3v) is 5.45. The van der Waals surface area contributed by atoms with E-state index in [0.29, 0.717) is 23.0 Å². The summed E-state index contributed by atoms with van der Waals surface area (Å²) in [5.41, 5.74) is 3.39. The third kappa shape index (κ3) is 3.16. The maximum Gasteiger partial charge on any atom is 0.261 e. The molecule has 0 radical (unpaired) electrons. The second-order valence-electron chi connectivity index (χ2n) is 7.31. The van der Waals surface area contributed by atoms with Crippen molar-refractivity contribution in [2.24, 2.45) is 0 Å². The van der Waals surface area contributed by atoms with Gasteiger partial charge in [0.05, 0.1) is 17.7 Å². The summed E-state index contributed by atoms with van der Waals surface area (Å²) in [4.78, 5) is 33.2. The minimum Gasteiger partial charge on any atom is -0.343 e. The highest BCUT2D eigenvalue weighted by molar-refractivity contribution is 6.21. The van der Waals surface area contributed by atoms with Gasteiger partial charge in [-0.2, -0.15) is 4.98 Å². The minimum atomic E-state index is -0.273. The van der Waals surface area contributed by atoms with Gasteiger partial charge in [-0.25, -0.2) is 0 Å². The molecular formula is C20H24N4O3. The zero-order valence-electron chi connectivity index (χ0n) is 15.8. The molecule has 1 aliphatic carbocycles. The van der Waals surface area contributed by atoms with Crippen molar-refractivity contribution in [2.75, 3.05) is 13.1 Å². The van der Waals surface area contributed by atoms with Crippen molar-refractivity contribution in [3.8, 4) is 0 Å². The van der Waals surface area contributed by atoms with E-state index in [1.54, 1.807) is 0 Å². The molecule has 0 bridgehead atoms. The van der Waals surface area contributed by atoms with Crippen molar-refractivity contribution in [1.29, 1.82) is 0 Å². The first kappa shape index (κ1) is 17.9. The van der Waals surface area contributed by atoms with Crippen LogP contribution in [0.15, 0.2) is 23.0 Å². The highest BCUT2D eigenvalue weighted by atomic mass is 16.5. The van der Waals surface area contributed by atoms with Crippen LogP contribution in [0, 0.1) is 0 Å². The summed E-state index contributed by atoms with van der Waals surface area (Å²) in [5.74, 6) is -0.220. The van der Waals surface area contributed by atoms with Crippen LogP contribution >= 0.6 is 0 Å². The van der Waals surface area contributed by atoms with Crippen molar-refractivity contribution in [3.05, 3.63) is 46.6 Å². The Morgan fingerprint density at radius 3 is 2.15 bits per heavy atom. The van der Waals surface area contributed by atoms with Gasteiger partial charge >= 0.3 is 0 Å². The smallest absolute Gasteiger partial charge is 0.261 e. The van der Waals surface area contributed by atoms with E-state index in [1.807, 2.05) is 12.1 Å². The van der Waals surface area contributed by atoms with Crippen LogP contribution in [-0.4, -0.2) is 50.9 Å². The second-order valence-corrected chi connectivity index (χ2v) is 7.31. The topological polar surface area (TPSA) is 79.5 Å². The van der Waals surface area contributed by atoms with Gasteiger partial charge in [-0.3, -0.25) is 19.4 Å². The lowest BCUT2D eigenvalue weighted by Gasteiger charge is -2.27. The lowest BCUT2D eigenvalue weighted by atomic mass is 10.0. The number of benzene rings is 1. The Morgan fingerprint density at radius 1 is 1.07 bits per heavy atom. The van der Waals surface area contributed by atoms with Crippen LogP contribution in [0.3, 0.4) is 0 Å². The predicted molar refractivity (Wildman–Crippen MR) is 98.3 cm³/mol. The van der Waals surface area contributed by atoms with Crippen LogP contribution in [0.25, 0.3) is 0 Å². The number of carbonyl (C=O) groups is 2. The molecule has 2 aromatic rings. The summed E-state index contributed by atoms with van der Waals surface area (Å²) in [7, 11) is 0. The molecule has 1 aliphatic heterocycles. The summed E-state index contributed by atoms with van der Waals surface area (Å²) < 4.78 is 4.70. The number of imide groups is 1. The molecule has 142 valence electrons. The highest BCUT2D eigenvalue weighted by Gasteiger charge is 2.38. The number of fused-ring (bicyclic) bond motifs is 2. The number of amides is 2. The second kappa shape index (κ2) is 7.23. The Balaban J connectivity index is 1.56.